The van der Waals surface area contributed by atoms with Crippen LogP contribution in [0.4, 0.5) is 0 Å². The number of guanidine groups is 1. The number of rotatable bonds is 2. The molecule has 0 aromatic carbocycles. The third kappa shape index (κ3) is 1.54. The molecule has 0 spiro atoms. The Morgan fingerprint density at radius 3 is 2.92 bits per heavy atom. The molecule has 2 aliphatic rings. The summed E-state index contributed by atoms with van der Waals surface area (Å²) in [4.78, 5) is 6.57. The summed E-state index contributed by atoms with van der Waals surface area (Å²) in [6.45, 7) is 3.17. The van der Waals surface area contributed by atoms with Crippen LogP contribution >= 0.6 is 0 Å². The molecule has 2 rings (SSSR count). The Kier molecular flexibility index (Phi) is 2.19. The minimum Gasteiger partial charge on any atom is -0.356 e. The van der Waals surface area contributed by atoms with Gasteiger partial charge in [-0.05, 0) is 18.8 Å². The zero-order valence-corrected chi connectivity index (χ0v) is 7.71. The van der Waals surface area contributed by atoms with Gasteiger partial charge >= 0.3 is 0 Å². The topological polar surface area (TPSA) is 27.6 Å². The molecule has 0 unspecified atom stereocenters. The maximum atomic E-state index is 4.38. The predicted molar refractivity (Wildman–Crippen MR) is 50.3 cm³/mol. The Morgan fingerprint density at radius 1 is 1.58 bits per heavy atom. The molecule has 3 nitrogen and oxygen atoms in total. The molecule has 1 saturated carbocycles. The highest BCUT2D eigenvalue weighted by Crippen LogP contribution is 2.25. The molecule has 1 fully saturated rings. The zero-order valence-electron chi connectivity index (χ0n) is 7.71. The fourth-order valence-electron chi connectivity index (χ4n) is 1.66. The van der Waals surface area contributed by atoms with Gasteiger partial charge in [-0.15, -0.1) is 0 Å². The van der Waals surface area contributed by atoms with E-state index in [9.17, 15) is 0 Å². The maximum Gasteiger partial charge on any atom is 0.193 e. The fraction of sp³-hybridized carbons (Fsp3) is 0.889. The first-order chi connectivity index (χ1) is 5.86. The van der Waals surface area contributed by atoms with Crippen molar-refractivity contribution in [2.75, 3.05) is 26.7 Å². The van der Waals surface area contributed by atoms with E-state index in [0.29, 0.717) is 0 Å². The monoisotopic (exact) mass is 167 g/mol. The van der Waals surface area contributed by atoms with Gasteiger partial charge in [-0.1, -0.05) is 6.42 Å². The van der Waals surface area contributed by atoms with E-state index in [1.807, 2.05) is 0 Å². The van der Waals surface area contributed by atoms with Crippen molar-refractivity contribution in [1.29, 1.82) is 0 Å². The SMILES string of the molecule is CN1CCN=C1NCC1CCC1. The number of likely N-dealkylation sites (N-methyl/N-ethyl adjacent to an activating group) is 1. The fourth-order valence-corrected chi connectivity index (χ4v) is 1.66. The van der Waals surface area contributed by atoms with Gasteiger partial charge in [0.05, 0.1) is 6.54 Å². The smallest absolute Gasteiger partial charge is 0.193 e. The van der Waals surface area contributed by atoms with Crippen molar-refractivity contribution in [3.8, 4) is 0 Å². The first-order valence-corrected chi connectivity index (χ1v) is 4.86. The molecule has 1 aliphatic carbocycles. The lowest BCUT2D eigenvalue weighted by Gasteiger charge is -2.27. The van der Waals surface area contributed by atoms with Crippen LogP contribution in [0.25, 0.3) is 0 Å². The highest BCUT2D eigenvalue weighted by molar-refractivity contribution is 5.81. The molecule has 0 bridgehead atoms. The molecule has 12 heavy (non-hydrogen) atoms. The normalized spacial score (nSPS) is 23.8. The second-order valence-corrected chi connectivity index (χ2v) is 3.80. The Morgan fingerprint density at radius 2 is 2.42 bits per heavy atom. The summed E-state index contributed by atoms with van der Waals surface area (Å²) in [6.07, 6.45) is 4.24. The third-order valence-corrected chi connectivity index (χ3v) is 2.83. The van der Waals surface area contributed by atoms with Crippen molar-refractivity contribution in [1.82, 2.24) is 10.2 Å². The molecule has 0 radical (unpaired) electrons. The number of nitrogens with one attached hydrogen (secondary N) is 1. The van der Waals surface area contributed by atoms with Crippen LogP contribution in [0.5, 0.6) is 0 Å². The van der Waals surface area contributed by atoms with Gasteiger partial charge in [-0.3, -0.25) is 4.99 Å². The Balaban J connectivity index is 1.71. The molecular weight excluding hydrogens is 150 g/mol. The van der Waals surface area contributed by atoms with Crippen LogP contribution in [0.1, 0.15) is 19.3 Å². The molecule has 1 aliphatic heterocycles. The number of aliphatic imine (C=N–C) groups is 1. The maximum absolute atomic E-state index is 4.38. The van der Waals surface area contributed by atoms with Gasteiger partial charge < -0.3 is 10.2 Å². The van der Waals surface area contributed by atoms with Crippen molar-refractivity contribution in [3.63, 3.8) is 0 Å². The molecule has 1 heterocycles. The second kappa shape index (κ2) is 3.33. The van der Waals surface area contributed by atoms with Gasteiger partial charge in [-0.25, -0.2) is 0 Å². The van der Waals surface area contributed by atoms with Crippen LogP contribution in [0, 0.1) is 5.92 Å². The van der Waals surface area contributed by atoms with E-state index in [1.54, 1.807) is 0 Å². The summed E-state index contributed by atoms with van der Waals surface area (Å²) < 4.78 is 0. The minimum absolute atomic E-state index is 0.918. The molecule has 0 aromatic heterocycles. The van der Waals surface area contributed by atoms with Crippen LogP contribution < -0.4 is 5.32 Å². The standard InChI is InChI=1S/C9H17N3/c1-12-6-5-10-9(12)11-7-8-3-2-4-8/h8H,2-7H2,1H3,(H,10,11). The van der Waals surface area contributed by atoms with E-state index in [-0.39, 0.29) is 0 Å². The first kappa shape index (κ1) is 7.90. The Labute approximate surface area is 73.9 Å². The summed E-state index contributed by atoms with van der Waals surface area (Å²) in [5.41, 5.74) is 0. The van der Waals surface area contributed by atoms with Gasteiger partial charge in [0, 0.05) is 20.1 Å². The lowest BCUT2D eigenvalue weighted by Crippen LogP contribution is -2.39. The zero-order chi connectivity index (χ0) is 8.39. The molecule has 0 saturated heterocycles. The first-order valence-electron chi connectivity index (χ1n) is 4.86. The largest absolute Gasteiger partial charge is 0.356 e. The summed E-state index contributed by atoms with van der Waals surface area (Å²) >= 11 is 0. The summed E-state index contributed by atoms with van der Waals surface area (Å²) in [6, 6.07) is 0. The second-order valence-electron chi connectivity index (χ2n) is 3.80. The van der Waals surface area contributed by atoms with E-state index in [1.165, 1.54) is 19.3 Å². The highest BCUT2D eigenvalue weighted by atomic mass is 15.3. The molecule has 0 aromatic rings. The van der Waals surface area contributed by atoms with E-state index in [4.69, 9.17) is 0 Å². The van der Waals surface area contributed by atoms with Gasteiger partial charge in [0.15, 0.2) is 5.96 Å². The van der Waals surface area contributed by atoms with Crippen molar-refractivity contribution >= 4 is 5.96 Å². The van der Waals surface area contributed by atoms with E-state index in [0.717, 1.165) is 31.5 Å². The summed E-state index contributed by atoms with van der Waals surface area (Å²) in [5.74, 6) is 2.02. The molecular formula is C9H17N3. The van der Waals surface area contributed by atoms with Gasteiger partial charge in [-0.2, -0.15) is 0 Å². The summed E-state index contributed by atoms with van der Waals surface area (Å²) in [7, 11) is 2.10. The number of hydrogen-bond donors (Lipinski definition) is 1. The van der Waals surface area contributed by atoms with E-state index >= 15 is 0 Å². The van der Waals surface area contributed by atoms with Gasteiger partial charge in [0.2, 0.25) is 0 Å². The van der Waals surface area contributed by atoms with E-state index < -0.39 is 0 Å². The Bertz CT molecular complexity index is 184. The van der Waals surface area contributed by atoms with Crippen LogP contribution in [-0.2, 0) is 0 Å². The molecule has 68 valence electrons. The lowest BCUT2D eigenvalue weighted by molar-refractivity contribution is 0.312. The van der Waals surface area contributed by atoms with Gasteiger partial charge in [0.25, 0.3) is 0 Å². The average molecular weight is 167 g/mol. The highest BCUT2D eigenvalue weighted by Gasteiger charge is 2.19. The molecule has 0 amide bonds. The predicted octanol–water partition coefficient (Wildman–Crippen LogP) is 0.677. The van der Waals surface area contributed by atoms with Crippen LogP contribution in [0.3, 0.4) is 0 Å². The third-order valence-electron chi connectivity index (χ3n) is 2.83. The van der Waals surface area contributed by atoms with Crippen molar-refractivity contribution in [2.45, 2.75) is 19.3 Å². The lowest BCUT2D eigenvalue weighted by atomic mass is 9.85. The van der Waals surface area contributed by atoms with Crippen LogP contribution in [-0.4, -0.2) is 37.5 Å². The minimum atomic E-state index is 0.918. The average Bonchev–Trinajstić information content (AvgIpc) is 2.33. The van der Waals surface area contributed by atoms with Crippen LogP contribution in [0.15, 0.2) is 4.99 Å². The molecule has 0 atom stereocenters. The Hall–Kier alpha value is -0.730. The number of nitrogens with zero attached hydrogens (tertiary/aromatic N) is 2. The quantitative estimate of drug-likeness (QED) is 0.655. The molecule has 1 N–H and O–H groups in total. The van der Waals surface area contributed by atoms with Crippen molar-refractivity contribution in [3.05, 3.63) is 0 Å². The molecule has 3 heteroatoms. The van der Waals surface area contributed by atoms with E-state index in [2.05, 4.69) is 22.3 Å². The number of hydrogen-bond acceptors (Lipinski definition) is 3. The van der Waals surface area contributed by atoms with Crippen molar-refractivity contribution in [2.24, 2.45) is 10.9 Å². The van der Waals surface area contributed by atoms with Crippen LogP contribution in [0.2, 0.25) is 0 Å². The summed E-state index contributed by atoms with van der Waals surface area (Å²) in [5, 5.41) is 3.41. The van der Waals surface area contributed by atoms with Crippen molar-refractivity contribution < 1.29 is 0 Å². The van der Waals surface area contributed by atoms with Gasteiger partial charge in [0.1, 0.15) is 0 Å².